The van der Waals surface area contributed by atoms with Gasteiger partial charge in [0, 0.05) is 68.6 Å². The van der Waals surface area contributed by atoms with Crippen molar-refractivity contribution >= 4 is 23.4 Å². The van der Waals surface area contributed by atoms with Crippen molar-refractivity contribution in [2.75, 3.05) is 28.3 Å². The third-order valence-electron chi connectivity index (χ3n) is 23.6. The first-order chi connectivity index (χ1) is 47.0. The Labute approximate surface area is 605 Å². The second-order valence-electron chi connectivity index (χ2n) is 32.6. The fourth-order valence-electron chi connectivity index (χ4n) is 17.0. The Balaban J connectivity index is 0.000000367. The Morgan fingerprint density at radius 3 is 1.15 bits per heavy atom. The molecule has 6 heterocycles. The normalized spacial score (nSPS) is 50.5. The number of nitrogens with zero attached hydrogens (tertiary/aromatic N) is 3. The van der Waals surface area contributed by atoms with Crippen LogP contribution in [-0.2, 0) is 66.4 Å². The lowest BCUT2D eigenvalue weighted by Gasteiger charge is -2.49. The van der Waals surface area contributed by atoms with Crippen molar-refractivity contribution in [1.29, 1.82) is 0 Å². The van der Waals surface area contributed by atoms with Crippen molar-refractivity contribution in [3.05, 3.63) is 0 Å². The Kier molecular flexibility index (Phi) is 31.7. The van der Waals surface area contributed by atoms with Gasteiger partial charge in [-0.2, -0.15) is 0 Å². The quantitative estimate of drug-likeness (QED) is 0.0669. The second kappa shape index (κ2) is 36.0. The Morgan fingerprint density at radius 1 is 0.480 bits per heavy atom. The SMILES string of the molecule is CC[C@H]1OC(=O)[C@H](C)[C@@H](OC2CC(C)(OC)C(O)C(C)O2)[C@H](C)[C@@H](OC2OC(C)CC(C)C2O)[C@](C)(O)C[C@@H](C)/C(=N\O)[C@H](C)[C@@H](O)[C@]1(C)O.CC[C@H]1OC(=O)[C@H](C)[C@@H](OC2CC(C)(OC)C(O)C(C)O2)[C@H](C)[C@@H](OC2OC(C)CC(N(C)C)C2O)[C@](C)(O)C[C@@H](C)/C(=N/O)[C@H](C)[C@@H](O)[C@]1(C)O. The largest absolute Gasteiger partial charge is 0.459 e. The average Bonchev–Trinajstić information content (AvgIpc) is 0.783. The van der Waals surface area contributed by atoms with Gasteiger partial charge in [0.2, 0.25) is 0 Å². The third-order valence-corrected chi connectivity index (χ3v) is 23.6. The number of likely N-dealkylation sites (N-methyl/N-ethyl adjacent to an activating group) is 1. The molecule has 0 bridgehead atoms. The summed E-state index contributed by atoms with van der Waals surface area (Å²) < 4.78 is 74.2. The van der Waals surface area contributed by atoms with Gasteiger partial charge in [0.25, 0.3) is 0 Å². The number of hydrogen-bond acceptors (Lipinski definition) is 29. The lowest BCUT2D eigenvalue weighted by atomic mass is 9.73. The zero-order chi connectivity index (χ0) is 77.8. The number of esters is 2. The monoisotopic (exact) mass is 1470 g/mol. The maximum Gasteiger partial charge on any atom is 0.311 e. The maximum atomic E-state index is 14.1. The van der Waals surface area contributed by atoms with E-state index in [0.717, 1.165) is 0 Å². The van der Waals surface area contributed by atoms with Crippen LogP contribution in [0.25, 0.3) is 0 Å². The van der Waals surface area contributed by atoms with Crippen molar-refractivity contribution < 1.29 is 128 Å². The molecule has 6 rings (SSSR count). The van der Waals surface area contributed by atoms with E-state index in [-0.39, 0.29) is 74.1 Å². The maximum absolute atomic E-state index is 14.1. The lowest BCUT2D eigenvalue weighted by Crippen LogP contribution is -2.61. The molecule has 0 radical (unpaired) electrons. The highest BCUT2D eigenvalue weighted by molar-refractivity contribution is 5.89. The summed E-state index contributed by atoms with van der Waals surface area (Å²) in [7, 11) is 6.67. The molecule has 36 atom stereocenters. The minimum atomic E-state index is -1.97. The molecule has 12 N–H and O–H groups in total. The van der Waals surface area contributed by atoms with Gasteiger partial charge in [0.15, 0.2) is 25.2 Å². The smallest absolute Gasteiger partial charge is 0.311 e. The summed E-state index contributed by atoms with van der Waals surface area (Å²) in [6, 6.07) is -0.322. The van der Waals surface area contributed by atoms with Gasteiger partial charge in [-0.05, 0) is 142 Å². The predicted octanol–water partition coefficient (Wildman–Crippen LogP) is 4.80. The van der Waals surface area contributed by atoms with Crippen LogP contribution in [0.4, 0.5) is 0 Å². The van der Waals surface area contributed by atoms with Crippen LogP contribution in [-0.4, -0.2) is 281 Å². The third kappa shape index (κ3) is 20.1. The summed E-state index contributed by atoms with van der Waals surface area (Å²) in [6.07, 6.45) is -18.7. The minimum Gasteiger partial charge on any atom is -0.459 e. The number of hydrogen-bond donors (Lipinski definition) is 12. The van der Waals surface area contributed by atoms with Crippen LogP contribution < -0.4 is 0 Å². The standard InChI is InChI=1S/C37H68N2O13.C36H65NO13/c1-14-25-37(10,45)30(41)20(4)27(38-46)18(2)16-35(8,44)32(52-34-28(40)24(39(11)12)15-19(3)48-34)21(5)29(22(6)33(43)50-25)51-26-17-36(9,47-13)31(42)23(7)49-26;1-13-24-36(11,43)29(39)20(5)26(37-44)18(3)15-34(9,42)31(50-33-27(38)17(2)14-19(4)46-33)21(6)28(22(7)32(41)48-24)49-25-16-35(10,45-12)30(40)23(8)47-25/h18-26,28-32,34,40-42,44-46H,14-17H2,1-13H3;17-25,27-31,33,38-40,42-44H,13-16H2,1-12H3/b38-27-;37-26+/t18-,19?,20+,21+,22-,23?,24?,25-,26?,28?,29+,30-,31?,32-,34?,35-,36?,37-;17?,18-,19?,20+,21+,22-,23?,24-,25?,27?,28+,29-,30?,31-,33?,34-,35?,36-/m11/s1. The van der Waals surface area contributed by atoms with Gasteiger partial charge < -0.3 is 123 Å². The molecule has 0 aromatic carbocycles. The van der Waals surface area contributed by atoms with E-state index < -0.39 is 204 Å². The molecule has 0 spiro atoms. The number of methoxy groups -OCH3 is 2. The van der Waals surface area contributed by atoms with Gasteiger partial charge in [-0.1, -0.05) is 72.6 Å². The number of ether oxygens (including phenoxy) is 12. The summed E-state index contributed by atoms with van der Waals surface area (Å²) >= 11 is 0. The highest BCUT2D eigenvalue weighted by Gasteiger charge is 2.57. The highest BCUT2D eigenvalue weighted by atomic mass is 16.7. The minimum absolute atomic E-state index is 0.0534. The van der Waals surface area contributed by atoms with E-state index in [1.807, 2.05) is 39.8 Å². The van der Waals surface area contributed by atoms with Gasteiger partial charge >= 0.3 is 11.9 Å². The van der Waals surface area contributed by atoms with Crippen LogP contribution in [0, 0.1) is 53.3 Å². The van der Waals surface area contributed by atoms with Crippen LogP contribution in [0.1, 0.15) is 197 Å². The average molecular weight is 1470 g/mol. The van der Waals surface area contributed by atoms with E-state index in [9.17, 15) is 71.1 Å². The number of oxime groups is 2. The van der Waals surface area contributed by atoms with E-state index in [4.69, 9.17) is 56.8 Å². The van der Waals surface area contributed by atoms with E-state index in [1.54, 1.807) is 111 Å². The lowest BCUT2D eigenvalue weighted by molar-refractivity contribution is -0.318. The molecule has 29 nitrogen and oxygen atoms in total. The molecular weight excluding hydrogens is 1330 g/mol. The number of aliphatic hydroxyl groups excluding tert-OH is 6. The van der Waals surface area contributed by atoms with E-state index in [2.05, 4.69) is 10.3 Å². The molecule has 596 valence electrons. The van der Waals surface area contributed by atoms with E-state index >= 15 is 0 Å². The molecule has 0 saturated carbocycles. The van der Waals surface area contributed by atoms with E-state index in [0.29, 0.717) is 12.8 Å². The zero-order valence-corrected chi connectivity index (χ0v) is 65.4. The second-order valence-corrected chi connectivity index (χ2v) is 32.6. The van der Waals surface area contributed by atoms with Crippen LogP contribution in [0.5, 0.6) is 0 Å². The summed E-state index contributed by atoms with van der Waals surface area (Å²) in [6.45, 7) is 35.1. The number of carbonyl (C=O) groups excluding carboxylic acids is 2. The van der Waals surface area contributed by atoms with Gasteiger partial charge in [0.1, 0.15) is 47.8 Å². The Morgan fingerprint density at radius 2 is 0.824 bits per heavy atom. The van der Waals surface area contributed by atoms with Crippen molar-refractivity contribution in [3.8, 4) is 0 Å². The van der Waals surface area contributed by atoms with Crippen LogP contribution in [0.15, 0.2) is 10.3 Å². The summed E-state index contributed by atoms with van der Waals surface area (Å²) in [4.78, 5) is 30.1. The summed E-state index contributed by atoms with van der Waals surface area (Å²) in [5.74, 6) is -8.59. The number of aliphatic hydroxyl groups is 10. The van der Waals surface area contributed by atoms with Gasteiger partial charge in [-0.25, -0.2) is 0 Å². The predicted molar refractivity (Wildman–Crippen MR) is 373 cm³/mol. The highest BCUT2D eigenvalue weighted by Crippen LogP contribution is 2.45. The Hall–Kier alpha value is -2.96. The van der Waals surface area contributed by atoms with Crippen LogP contribution >= 0.6 is 0 Å². The van der Waals surface area contributed by atoms with Crippen LogP contribution in [0.2, 0.25) is 0 Å². The van der Waals surface area contributed by atoms with Crippen molar-refractivity contribution in [3.63, 3.8) is 0 Å². The molecule has 0 aromatic heterocycles. The Bertz CT molecular complexity index is 2710. The molecule has 6 fully saturated rings. The molecule has 6 aliphatic rings. The molecule has 0 amide bonds. The molecule has 29 heteroatoms. The zero-order valence-electron chi connectivity index (χ0n) is 65.4. The molecule has 6 aliphatic heterocycles. The van der Waals surface area contributed by atoms with Crippen LogP contribution in [0.3, 0.4) is 0 Å². The molecular formula is C73H133N3O26. The molecule has 16 unspecified atom stereocenters. The summed E-state index contributed by atoms with van der Waals surface area (Å²) in [5, 5.41) is 143. The first kappa shape index (κ1) is 89.7. The molecule has 0 aromatic rings. The molecule has 6 saturated heterocycles. The van der Waals surface area contributed by atoms with Gasteiger partial charge in [0.05, 0.1) is 107 Å². The number of rotatable bonds is 13. The first-order valence-electron chi connectivity index (χ1n) is 36.9. The van der Waals surface area contributed by atoms with Gasteiger partial charge in [-0.15, -0.1) is 0 Å². The van der Waals surface area contributed by atoms with Gasteiger partial charge in [-0.3, -0.25) is 9.59 Å². The van der Waals surface area contributed by atoms with Crippen molar-refractivity contribution in [2.24, 2.45) is 63.6 Å². The fourth-order valence-corrected chi connectivity index (χ4v) is 17.0. The van der Waals surface area contributed by atoms with Crippen molar-refractivity contribution in [1.82, 2.24) is 4.90 Å². The molecule has 102 heavy (non-hydrogen) atoms. The topological polar surface area (TPSA) is 416 Å². The summed E-state index contributed by atoms with van der Waals surface area (Å²) in [5.41, 5.74) is -9.31. The first-order valence-corrected chi connectivity index (χ1v) is 36.9. The number of cyclic esters (lactones) is 2. The fraction of sp³-hybridized carbons (Fsp3) is 0.945. The molecule has 0 aliphatic carbocycles. The number of carbonyl (C=O) groups is 2. The van der Waals surface area contributed by atoms with E-state index in [1.165, 1.54) is 28.1 Å². The van der Waals surface area contributed by atoms with Crippen molar-refractivity contribution in [2.45, 2.75) is 359 Å².